The van der Waals surface area contributed by atoms with Gasteiger partial charge < -0.3 is 10.6 Å². The molecule has 0 saturated carbocycles. The van der Waals surface area contributed by atoms with Crippen LogP contribution >= 0.6 is 23.1 Å². The van der Waals surface area contributed by atoms with Crippen LogP contribution in [0.25, 0.3) is 0 Å². The van der Waals surface area contributed by atoms with Gasteiger partial charge in [0.2, 0.25) is 21.1 Å². The largest absolute Gasteiger partial charge is 0.330 e. The van der Waals surface area contributed by atoms with E-state index in [1.165, 1.54) is 37.1 Å². The van der Waals surface area contributed by atoms with E-state index >= 15 is 0 Å². The highest BCUT2D eigenvalue weighted by Gasteiger charge is 2.09. The Labute approximate surface area is 154 Å². The molecule has 0 bridgehead atoms. The van der Waals surface area contributed by atoms with Crippen molar-refractivity contribution in [1.82, 2.24) is 14.9 Å². The number of carbonyl (C=O) groups is 1. The van der Waals surface area contributed by atoms with E-state index in [-0.39, 0.29) is 11.7 Å². The molecule has 0 atom stereocenters. The van der Waals surface area contributed by atoms with Crippen LogP contribution in [-0.2, 0) is 14.8 Å². The van der Waals surface area contributed by atoms with Gasteiger partial charge in [-0.25, -0.2) is 13.1 Å². The number of sulfonamides is 1. The summed E-state index contributed by atoms with van der Waals surface area (Å²) in [6, 6.07) is 7.29. The minimum absolute atomic E-state index is 0.0936. The van der Waals surface area contributed by atoms with Gasteiger partial charge in [-0.3, -0.25) is 4.79 Å². The Morgan fingerprint density at radius 3 is 2.76 bits per heavy atom. The maximum Gasteiger partial charge on any atom is 0.221 e. The number of hydrogen-bond donors (Lipinski definition) is 3. The smallest absolute Gasteiger partial charge is 0.221 e. The van der Waals surface area contributed by atoms with Gasteiger partial charge in [0.15, 0.2) is 4.34 Å². The Kier molecular flexibility index (Phi) is 7.17. The summed E-state index contributed by atoms with van der Waals surface area (Å²) in [5.74, 6) is 0.608. The zero-order valence-corrected chi connectivity index (χ0v) is 16.2. The standard InChI is InChI=1S/C14H19N5O3S3/c1-10(20)16-11-5-3-6-12(9-11)17-13-18-19-14(24-13)23-7-4-8-25(21,22)15-2/h3,5-6,9,15H,4,7-8H2,1-2H3,(H,16,20)(H,17,18). The maximum absolute atomic E-state index is 11.3. The first kappa shape index (κ1) is 19.6. The van der Waals surface area contributed by atoms with Gasteiger partial charge in [0, 0.05) is 24.1 Å². The highest BCUT2D eigenvalue weighted by molar-refractivity contribution is 8.01. The van der Waals surface area contributed by atoms with Crippen molar-refractivity contribution in [3.63, 3.8) is 0 Å². The molecule has 2 rings (SSSR count). The van der Waals surface area contributed by atoms with E-state index in [9.17, 15) is 13.2 Å². The molecular formula is C14H19N5O3S3. The van der Waals surface area contributed by atoms with E-state index in [2.05, 4.69) is 25.6 Å². The Morgan fingerprint density at radius 2 is 2.04 bits per heavy atom. The summed E-state index contributed by atoms with van der Waals surface area (Å²) in [7, 11) is -1.75. The number of thioether (sulfide) groups is 1. The van der Waals surface area contributed by atoms with Crippen molar-refractivity contribution in [2.75, 3.05) is 29.2 Å². The zero-order valence-electron chi connectivity index (χ0n) is 13.8. The second-order valence-corrected chi connectivity index (χ2v) is 9.35. The van der Waals surface area contributed by atoms with Crippen LogP contribution in [-0.4, -0.2) is 43.1 Å². The second kappa shape index (κ2) is 9.13. The van der Waals surface area contributed by atoms with Crippen LogP contribution in [0.2, 0.25) is 0 Å². The van der Waals surface area contributed by atoms with Crippen LogP contribution < -0.4 is 15.4 Å². The first-order valence-corrected chi connectivity index (χ1v) is 10.9. The Hall–Kier alpha value is -1.69. The van der Waals surface area contributed by atoms with Crippen LogP contribution in [0.3, 0.4) is 0 Å². The summed E-state index contributed by atoms with van der Waals surface area (Å²) >= 11 is 2.86. The predicted molar refractivity (Wildman–Crippen MR) is 102 cm³/mol. The maximum atomic E-state index is 11.3. The molecule has 0 unspecified atom stereocenters. The fraction of sp³-hybridized carbons (Fsp3) is 0.357. The zero-order chi connectivity index (χ0) is 18.3. The molecule has 1 heterocycles. The van der Waals surface area contributed by atoms with Crippen LogP contribution in [0.4, 0.5) is 16.5 Å². The van der Waals surface area contributed by atoms with Crippen LogP contribution in [0.15, 0.2) is 28.6 Å². The molecule has 0 aliphatic rings. The lowest BCUT2D eigenvalue weighted by atomic mass is 10.3. The normalized spacial score (nSPS) is 11.3. The topological polar surface area (TPSA) is 113 Å². The highest BCUT2D eigenvalue weighted by atomic mass is 32.2. The summed E-state index contributed by atoms with van der Waals surface area (Å²) in [5.41, 5.74) is 1.49. The number of aromatic nitrogens is 2. The fourth-order valence-corrected chi connectivity index (χ4v) is 4.52. The van der Waals surface area contributed by atoms with Gasteiger partial charge in [0.25, 0.3) is 0 Å². The summed E-state index contributed by atoms with van der Waals surface area (Å²) in [6.45, 7) is 1.45. The van der Waals surface area contributed by atoms with Crippen LogP contribution in [0.5, 0.6) is 0 Å². The summed E-state index contributed by atoms with van der Waals surface area (Å²) < 4.78 is 25.7. The van der Waals surface area contributed by atoms with Crippen molar-refractivity contribution < 1.29 is 13.2 Å². The third-order valence-corrected chi connectivity index (χ3v) is 6.44. The number of nitrogens with one attached hydrogen (secondary N) is 3. The predicted octanol–water partition coefficient (Wildman–Crippen LogP) is 2.27. The van der Waals surface area contributed by atoms with Gasteiger partial charge in [-0.05, 0) is 31.7 Å². The summed E-state index contributed by atoms with van der Waals surface area (Å²) in [5, 5.41) is 14.6. The first-order valence-electron chi connectivity index (χ1n) is 7.40. The lowest BCUT2D eigenvalue weighted by Gasteiger charge is -2.05. The molecule has 0 aliphatic carbocycles. The molecule has 25 heavy (non-hydrogen) atoms. The molecule has 0 spiro atoms. The van der Waals surface area contributed by atoms with E-state index in [1.54, 1.807) is 12.1 Å². The van der Waals surface area contributed by atoms with Gasteiger partial charge in [-0.1, -0.05) is 29.2 Å². The Balaban J connectivity index is 1.86. The van der Waals surface area contributed by atoms with Crippen molar-refractivity contribution in [3.05, 3.63) is 24.3 Å². The minimum Gasteiger partial charge on any atom is -0.330 e. The van der Waals surface area contributed by atoms with Gasteiger partial charge in [0.05, 0.1) is 5.75 Å². The van der Waals surface area contributed by atoms with Crippen molar-refractivity contribution in [1.29, 1.82) is 0 Å². The number of nitrogens with zero attached hydrogens (tertiary/aromatic N) is 2. The van der Waals surface area contributed by atoms with Crippen molar-refractivity contribution in [3.8, 4) is 0 Å². The van der Waals surface area contributed by atoms with E-state index < -0.39 is 10.0 Å². The van der Waals surface area contributed by atoms with E-state index in [4.69, 9.17) is 0 Å². The third-order valence-electron chi connectivity index (χ3n) is 2.93. The SMILES string of the molecule is CNS(=O)(=O)CCCSc1nnc(Nc2cccc(NC(C)=O)c2)s1. The molecule has 0 radical (unpaired) electrons. The molecule has 2 aromatic rings. The number of benzene rings is 1. The van der Waals surface area contributed by atoms with Crippen molar-refractivity contribution in [2.45, 2.75) is 17.7 Å². The van der Waals surface area contributed by atoms with Crippen molar-refractivity contribution >= 4 is 55.5 Å². The average molecular weight is 402 g/mol. The first-order chi connectivity index (χ1) is 11.9. The minimum atomic E-state index is -3.16. The summed E-state index contributed by atoms with van der Waals surface area (Å²) in [4.78, 5) is 11.1. The molecule has 3 N–H and O–H groups in total. The molecular weight excluding hydrogens is 382 g/mol. The number of carbonyl (C=O) groups excluding carboxylic acids is 1. The van der Waals surface area contributed by atoms with Gasteiger partial charge in [0.1, 0.15) is 0 Å². The monoisotopic (exact) mass is 401 g/mol. The number of anilines is 3. The molecule has 136 valence electrons. The molecule has 0 aliphatic heterocycles. The molecule has 1 amide bonds. The molecule has 8 nitrogen and oxygen atoms in total. The quantitative estimate of drug-likeness (QED) is 0.436. The Bertz CT molecular complexity index is 823. The lowest BCUT2D eigenvalue weighted by molar-refractivity contribution is -0.114. The number of hydrogen-bond acceptors (Lipinski definition) is 8. The fourth-order valence-electron chi connectivity index (χ4n) is 1.83. The molecule has 0 saturated heterocycles. The van der Waals surface area contributed by atoms with Crippen LogP contribution in [0.1, 0.15) is 13.3 Å². The van der Waals surface area contributed by atoms with Crippen LogP contribution in [0, 0.1) is 0 Å². The Morgan fingerprint density at radius 1 is 1.28 bits per heavy atom. The lowest BCUT2D eigenvalue weighted by Crippen LogP contribution is -2.22. The van der Waals surface area contributed by atoms with Gasteiger partial charge >= 0.3 is 0 Å². The molecule has 1 aromatic heterocycles. The van der Waals surface area contributed by atoms with E-state index in [0.717, 1.165) is 10.0 Å². The molecule has 11 heteroatoms. The highest BCUT2D eigenvalue weighted by Crippen LogP contribution is 2.28. The average Bonchev–Trinajstić information content (AvgIpc) is 2.99. The van der Waals surface area contributed by atoms with Gasteiger partial charge in [-0.2, -0.15) is 0 Å². The number of rotatable bonds is 9. The number of amides is 1. The third kappa shape index (κ3) is 6.98. The van der Waals surface area contributed by atoms with Gasteiger partial charge in [-0.15, -0.1) is 10.2 Å². The van der Waals surface area contributed by atoms with E-state index in [1.807, 2.05) is 12.1 Å². The molecule has 0 fully saturated rings. The van der Waals surface area contributed by atoms with E-state index in [0.29, 0.717) is 23.0 Å². The van der Waals surface area contributed by atoms with Crippen molar-refractivity contribution in [2.24, 2.45) is 0 Å². The molecule has 1 aromatic carbocycles. The second-order valence-electron chi connectivity index (χ2n) is 4.99. The summed E-state index contributed by atoms with van der Waals surface area (Å²) in [6.07, 6.45) is 0.537.